The topological polar surface area (TPSA) is 79.4 Å². The van der Waals surface area contributed by atoms with E-state index in [0.29, 0.717) is 12.3 Å². The number of pyridine rings is 1. The van der Waals surface area contributed by atoms with E-state index in [1.807, 2.05) is 65.7 Å². The second-order valence-corrected chi connectivity index (χ2v) is 7.69. The van der Waals surface area contributed by atoms with E-state index in [9.17, 15) is 14.7 Å². The van der Waals surface area contributed by atoms with Crippen LogP contribution in [0.15, 0.2) is 71.5 Å². The lowest BCUT2D eigenvalue weighted by molar-refractivity contribution is 0.0612. The lowest BCUT2D eigenvalue weighted by Gasteiger charge is -2.44. The molecule has 0 unspecified atom stereocenters. The number of rotatable bonds is 7. The van der Waals surface area contributed by atoms with E-state index in [0.717, 1.165) is 11.1 Å². The highest BCUT2D eigenvalue weighted by Gasteiger charge is 2.38. The van der Waals surface area contributed by atoms with Crippen molar-refractivity contribution in [2.45, 2.75) is 12.6 Å². The van der Waals surface area contributed by atoms with Gasteiger partial charge in [0, 0.05) is 19.7 Å². The summed E-state index contributed by atoms with van der Waals surface area (Å²) >= 11 is 0. The molecule has 8 heteroatoms. The smallest absolute Gasteiger partial charge is 0.277 e. The first-order valence-electron chi connectivity index (χ1n) is 10.5. The first kappa shape index (κ1) is 22.1. The van der Waals surface area contributed by atoms with Gasteiger partial charge >= 0.3 is 0 Å². The van der Waals surface area contributed by atoms with E-state index < -0.39 is 17.1 Å². The minimum atomic E-state index is -0.683. The molecule has 2 aromatic carbocycles. The molecule has 168 valence electrons. The lowest BCUT2D eigenvalue weighted by Crippen LogP contribution is -2.57. The number of fused-ring (bicyclic) bond motifs is 1. The highest BCUT2D eigenvalue weighted by atomic mass is 16.5. The van der Waals surface area contributed by atoms with Crippen molar-refractivity contribution in [1.29, 1.82) is 0 Å². The largest absolute Gasteiger partial charge is 0.502 e. The van der Waals surface area contributed by atoms with Crippen molar-refractivity contribution >= 4 is 5.91 Å². The van der Waals surface area contributed by atoms with E-state index in [1.165, 1.54) is 6.07 Å². The first-order chi connectivity index (χ1) is 16.1. The Bertz CT molecular complexity index is 1200. The van der Waals surface area contributed by atoms with Crippen LogP contribution in [0.5, 0.6) is 5.75 Å². The number of hydrogen-bond donors (Lipinski definition) is 1. The lowest BCUT2D eigenvalue weighted by atomic mass is 9.98. The van der Waals surface area contributed by atoms with E-state index in [4.69, 9.17) is 11.3 Å². The van der Waals surface area contributed by atoms with E-state index in [2.05, 4.69) is 4.85 Å². The molecule has 0 radical (unpaired) electrons. The summed E-state index contributed by atoms with van der Waals surface area (Å²) < 4.78 is 6.73. The van der Waals surface area contributed by atoms with Gasteiger partial charge in [0.2, 0.25) is 5.43 Å². The van der Waals surface area contributed by atoms with Crippen molar-refractivity contribution in [3.63, 3.8) is 0 Å². The molecular weight excluding hydrogens is 420 g/mol. The van der Waals surface area contributed by atoms with Crippen molar-refractivity contribution in [3.8, 4) is 5.75 Å². The van der Waals surface area contributed by atoms with Crippen LogP contribution in [-0.4, -0.2) is 47.5 Å². The van der Waals surface area contributed by atoms with Crippen molar-refractivity contribution in [1.82, 2.24) is 9.58 Å². The molecule has 33 heavy (non-hydrogen) atoms. The zero-order valence-corrected chi connectivity index (χ0v) is 18.2. The molecule has 1 aliphatic rings. The molecule has 1 amide bonds. The van der Waals surface area contributed by atoms with Gasteiger partial charge in [-0.3, -0.25) is 14.6 Å². The van der Waals surface area contributed by atoms with Crippen molar-refractivity contribution in [2.24, 2.45) is 0 Å². The van der Waals surface area contributed by atoms with E-state index >= 15 is 0 Å². The maximum absolute atomic E-state index is 13.3. The molecule has 4 rings (SSSR count). The van der Waals surface area contributed by atoms with Crippen LogP contribution in [0.25, 0.3) is 4.85 Å². The predicted molar refractivity (Wildman–Crippen MR) is 123 cm³/mol. The molecular formula is C25H24N4O4. The number of methoxy groups -OCH3 is 1. The van der Waals surface area contributed by atoms with Crippen LogP contribution in [0.1, 0.15) is 33.4 Å². The Labute approximate surface area is 191 Å². The van der Waals surface area contributed by atoms with Crippen LogP contribution in [0.4, 0.5) is 0 Å². The molecule has 1 aliphatic heterocycles. The van der Waals surface area contributed by atoms with Gasteiger partial charge in [0.25, 0.3) is 12.5 Å². The summed E-state index contributed by atoms with van der Waals surface area (Å²) in [6.07, 6.45) is 0. The van der Waals surface area contributed by atoms with Gasteiger partial charge < -0.3 is 19.6 Å². The molecule has 0 aliphatic carbocycles. The molecule has 0 atom stereocenters. The highest BCUT2D eigenvalue weighted by Crippen LogP contribution is 2.33. The van der Waals surface area contributed by atoms with Gasteiger partial charge in [-0.25, -0.2) is 11.2 Å². The molecule has 0 saturated heterocycles. The Morgan fingerprint density at radius 2 is 1.67 bits per heavy atom. The van der Waals surface area contributed by atoms with Gasteiger partial charge in [-0.05, 0) is 11.1 Å². The maximum Gasteiger partial charge on any atom is 0.277 e. The summed E-state index contributed by atoms with van der Waals surface area (Å²) in [5.74, 6) is -1.11. The fourth-order valence-electron chi connectivity index (χ4n) is 4.15. The maximum atomic E-state index is 13.3. The number of benzene rings is 2. The number of aromatic nitrogens is 1. The number of hydrogen-bond acceptors (Lipinski definition) is 5. The number of ether oxygens (including phenoxy) is 1. The van der Waals surface area contributed by atoms with Crippen LogP contribution in [0.2, 0.25) is 0 Å². The number of amides is 1. The third-order valence-electron chi connectivity index (χ3n) is 5.64. The standard InChI is InChI=1S/C25H24N4O4/c1-26-16-20-15-21(30)24(31)23-25(32)27(13-14-33-2)17-28(29(20)23)22(18-9-5-3-6-10-18)19-11-7-4-8-12-19/h3-12,15,22,31H,13-14,16-17H2,2H3. The molecule has 8 nitrogen and oxygen atoms in total. The Morgan fingerprint density at radius 1 is 1.06 bits per heavy atom. The van der Waals surface area contributed by atoms with Crippen LogP contribution >= 0.6 is 0 Å². The molecule has 1 aromatic heterocycles. The molecule has 0 saturated carbocycles. The Hall–Kier alpha value is -4.09. The van der Waals surface area contributed by atoms with Crippen molar-refractivity contribution in [2.75, 3.05) is 31.9 Å². The summed E-state index contributed by atoms with van der Waals surface area (Å²) in [5.41, 5.74) is 1.45. The Morgan fingerprint density at radius 3 is 2.21 bits per heavy atom. The second-order valence-electron chi connectivity index (χ2n) is 7.69. The van der Waals surface area contributed by atoms with E-state index in [1.54, 1.807) is 16.7 Å². The number of nitrogens with zero attached hydrogens (tertiary/aromatic N) is 4. The van der Waals surface area contributed by atoms with Gasteiger partial charge in [0.15, 0.2) is 11.4 Å². The van der Waals surface area contributed by atoms with E-state index in [-0.39, 0.29) is 31.5 Å². The minimum Gasteiger partial charge on any atom is -0.502 e. The summed E-state index contributed by atoms with van der Waals surface area (Å²) in [5, 5.41) is 12.6. The number of carbonyl (C=O) groups is 1. The molecule has 0 spiro atoms. The Kier molecular flexibility index (Phi) is 6.43. The van der Waals surface area contributed by atoms with Gasteiger partial charge in [-0.2, -0.15) is 0 Å². The van der Waals surface area contributed by atoms with Crippen LogP contribution in [-0.2, 0) is 11.3 Å². The monoisotopic (exact) mass is 444 g/mol. The van der Waals surface area contributed by atoms with Crippen LogP contribution in [0, 0.1) is 6.57 Å². The first-order valence-corrected chi connectivity index (χ1v) is 10.5. The molecule has 1 N–H and O–H groups in total. The third kappa shape index (κ3) is 4.19. The Balaban J connectivity index is 1.99. The zero-order chi connectivity index (χ0) is 23.4. The molecule has 3 aromatic rings. The zero-order valence-electron chi connectivity index (χ0n) is 18.2. The number of aromatic hydroxyl groups is 1. The van der Waals surface area contributed by atoms with Gasteiger partial charge in [0.1, 0.15) is 12.4 Å². The SMILES string of the molecule is [C-]#[N+]Cc1cc(=O)c(O)c2n1N(C(c1ccccc1)c1ccccc1)CN(CCOC)C2=O. The second kappa shape index (κ2) is 9.59. The molecule has 0 fully saturated rings. The molecule has 2 heterocycles. The average Bonchev–Trinajstić information content (AvgIpc) is 2.84. The average molecular weight is 444 g/mol. The van der Waals surface area contributed by atoms with Crippen LogP contribution in [0.3, 0.4) is 0 Å². The summed E-state index contributed by atoms with van der Waals surface area (Å²) in [7, 11) is 1.55. The van der Waals surface area contributed by atoms with Crippen molar-refractivity contribution < 1.29 is 14.6 Å². The highest BCUT2D eigenvalue weighted by molar-refractivity contribution is 5.96. The van der Waals surface area contributed by atoms with Crippen molar-refractivity contribution in [3.05, 3.63) is 111 Å². The number of carbonyl (C=O) groups excluding carboxylic acids is 1. The van der Waals surface area contributed by atoms with Gasteiger partial charge in [0.05, 0.1) is 12.6 Å². The fourth-order valence-corrected chi connectivity index (χ4v) is 4.15. The minimum absolute atomic E-state index is 0.110. The molecule has 0 bridgehead atoms. The summed E-state index contributed by atoms with van der Waals surface area (Å²) in [4.78, 5) is 30.8. The van der Waals surface area contributed by atoms with Gasteiger partial charge in [-0.15, -0.1) is 0 Å². The quantitative estimate of drug-likeness (QED) is 0.567. The van der Waals surface area contributed by atoms with Crippen LogP contribution < -0.4 is 10.4 Å². The fraction of sp³-hybridized carbons (Fsp3) is 0.240. The third-order valence-corrected chi connectivity index (χ3v) is 5.64. The van der Waals surface area contributed by atoms with Gasteiger partial charge in [-0.1, -0.05) is 60.7 Å². The predicted octanol–water partition coefficient (Wildman–Crippen LogP) is 2.76. The normalized spacial score (nSPS) is 13.2. The summed E-state index contributed by atoms with van der Waals surface area (Å²) in [6.45, 7) is 8.03. The summed E-state index contributed by atoms with van der Waals surface area (Å²) in [6, 6.07) is 20.4.